The molecular formula is C13H15FO2. The fraction of sp³-hybridized carbons (Fsp3) is 0.385. The van der Waals surface area contributed by atoms with Crippen molar-refractivity contribution in [3.8, 4) is 0 Å². The van der Waals surface area contributed by atoms with Crippen LogP contribution in [0.5, 0.6) is 0 Å². The normalized spacial score (nSPS) is 17.9. The van der Waals surface area contributed by atoms with Gasteiger partial charge in [0.15, 0.2) is 0 Å². The van der Waals surface area contributed by atoms with Gasteiger partial charge >= 0.3 is 0 Å². The van der Waals surface area contributed by atoms with Crippen LogP contribution in [0, 0.1) is 5.82 Å². The number of fused-ring (bicyclic) bond motifs is 1. The molecule has 0 aliphatic carbocycles. The first-order valence-corrected chi connectivity index (χ1v) is 5.42. The minimum Gasteiger partial charge on any atom is -0.498 e. The molecule has 1 aromatic carbocycles. The molecule has 0 radical (unpaired) electrons. The zero-order chi connectivity index (χ0) is 11.5. The predicted octanol–water partition coefficient (Wildman–Crippen LogP) is 3.12. The average molecular weight is 222 g/mol. The van der Waals surface area contributed by atoms with Crippen LogP contribution in [0.15, 0.2) is 24.0 Å². The van der Waals surface area contributed by atoms with Crippen molar-refractivity contribution in [2.24, 2.45) is 0 Å². The highest BCUT2D eigenvalue weighted by atomic mass is 19.1. The molecular weight excluding hydrogens is 207 g/mol. The minimum absolute atomic E-state index is 0.209. The van der Waals surface area contributed by atoms with Gasteiger partial charge in [-0.2, -0.15) is 0 Å². The topological polar surface area (TPSA) is 18.5 Å². The molecule has 1 aliphatic rings. The summed E-state index contributed by atoms with van der Waals surface area (Å²) in [5, 5.41) is 0. The Morgan fingerprint density at radius 1 is 1.44 bits per heavy atom. The highest BCUT2D eigenvalue weighted by molar-refractivity contribution is 5.71. The molecule has 0 fully saturated rings. The Balaban J connectivity index is 2.48. The molecule has 0 N–H and O–H groups in total. The van der Waals surface area contributed by atoms with Crippen molar-refractivity contribution in [2.75, 3.05) is 13.2 Å². The van der Waals surface area contributed by atoms with Gasteiger partial charge in [-0.05, 0) is 25.5 Å². The van der Waals surface area contributed by atoms with Crippen molar-refractivity contribution in [3.05, 3.63) is 40.9 Å². The highest BCUT2D eigenvalue weighted by Gasteiger charge is 2.19. The van der Waals surface area contributed by atoms with E-state index >= 15 is 0 Å². The van der Waals surface area contributed by atoms with E-state index in [4.69, 9.17) is 9.47 Å². The lowest BCUT2D eigenvalue weighted by molar-refractivity contribution is 0.138. The van der Waals surface area contributed by atoms with Gasteiger partial charge in [-0.25, -0.2) is 4.39 Å². The summed E-state index contributed by atoms with van der Waals surface area (Å²) in [5.74, 6) is 0.605. The van der Waals surface area contributed by atoms with Crippen LogP contribution >= 0.6 is 0 Å². The molecule has 16 heavy (non-hydrogen) atoms. The van der Waals surface area contributed by atoms with Crippen LogP contribution in [0.4, 0.5) is 4.39 Å². The summed E-state index contributed by atoms with van der Waals surface area (Å²) in [6.45, 7) is 5.26. The van der Waals surface area contributed by atoms with Crippen molar-refractivity contribution in [3.63, 3.8) is 0 Å². The maximum atomic E-state index is 13.6. The lowest BCUT2D eigenvalue weighted by Crippen LogP contribution is -2.13. The van der Waals surface area contributed by atoms with E-state index in [-0.39, 0.29) is 5.82 Å². The van der Waals surface area contributed by atoms with Gasteiger partial charge in [0.25, 0.3) is 0 Å². The molecule has 86 valence electrons. The van der Waals surface area contributed by atoms with Crippen LogP contribution < -0.4 is 0 Å². The van der Waals surface area contributed by atoms with Crippen LogP contribution in [0.3, 0.4) is 0 Å². The first-order chi connectivity index (χ1) is 7.74. The summed E-state index contributed by atoms with van der Waals surface area (Å²) in [6, 6.07) is 5.10. The van der Waals surface area contributed by atoms with Crippen molar-refractivity contribution in [2.45, 2.75) is 20.5 Å². The molecule has 2 rings (SSSR count). The summed E-state index contributed by atoms with van der Waals surface area (Å²) >= 11 is 0. The quantitative estimate of drug-likeness (QED) is 0.716. The van der Waals surface area contributed by atoms with Crippen molar-refractivity contribution in [1.82, 2.24) is 0 Å². The number of benzene rings is 1. The summed E-state index contributed by atoms with van der Waals surface area (Å²) in [6.07, 6.45) is 0. The van der Waals surface area contributed by atoms with E-state index < -0.39 is 0 Å². The molecule has 0 amide bonds. The number of ether oxygens (including phenoxy) is 2. The SMILES string of the molecule is CCOC(C)=C1COCc2c(F)cccc21. The summed E-state index contributed by atoms with van der Waals surface area (Å²) < 4.78 is 24.4. The van der Waals surface area contributed by atoms with Gasteiger partial charge in [0.05, 0.1) is 25.6 Å². The standard InChI is InChI=1S/C13H15FO2/c1-3-16-9(2)11-7-15-8-12-10(11)5-4-6-13(12)14/h4-6H,3,7-8H2,1-2H3. The number of halogens is 1. The van der Waals surface area contributed by atoms with Crippen LogP contribution in [-0.4, -0.2) is 13.2 Å². The number of hydrogen-bond acceptors (Lipinski definition) is 2. The molecule has 2 nitrogen and oxygen atoms in total. The number of hydrogen-bond donors (Lipinski definition) is 0. The Hall–Kier alpha value is -1.35. The van der Waals surface area contributed by atoms with Crippen LogP contribution in [0.1, 0.15) is 25.0 Å². The lowest BCUT2D eigenvalue weighted by atomic mass is 9.97. The Kier molecular flexibility index (Phi) is 3.25. The van der Waals surface area contributed by atoms with Crippen LogP contribution in [0.25, 0.3) is 5.57 Å². The first-order valence-electron chi connectivity index (χ1n) is 5.42. The lowest BCUT2D eigenvalue weighted by Gasteiger charge is -2.22. The van der Waals surface area contributed by atoms with Gasteiger partial charge < -0.3 is 9.47 Å². The van der Waals surface area contributed by atoms with Crippen molar-refractivity contribution >= 4 is 5.57 Å². The third kappa shape index (κ3) is 1.95. The van der Waals surface area contributed by atoms with E-state index in [1.807, 2.05) is 19.9 Å². The number of rotatable bonds is 2. The molecule has 0 aromatic heterocycles. The maximum Gasteiger partial charge on any atom is 0.129 e. The van der Waals surface area contributed by atoms with Gasteiger partial charge in [0.1, 0.15) is 5.82 Å². The summed E-state index contributed by atoms with van der Waals surface area (Å²) in [7, 11) is 0. The van der Waals surface area contributed by atoms with Gasteiger partial charge in [-0.1, -0.05) is 12.1 Å². The first kappa shape index (κ1) is 11.1. The van der Waals surface area contributed by atoms with E-state index in [2.05, 4.69) is 0 Å². The Labute approximate surface area is 94.7 Å². The largest absolute Gasteiger partial charge is 0.498 e. The molecule has 0 saturated heterocycles. The van der Waals surface area contributed by atoms with Gasteiger partial charge in [-0.15, -0.1) is 0 Å². The van der Waals surface area contributed by atoms with Gasteiger partial charge in [-0.3, -0.25) is 0 Å². The zero-order valence-electron chi connectivity index (χ0n) is 9.55. The average Bonchev–Trinajstić information content (AvgIpc) is 2.29. The molecule has 1 aliphatic heterocycles. The third-order valence-corrected chi connectivity index (χ3v) is 2.72. The monoisotopic (exact) mass is 222 g/mol. The van der Waals surface area contributed by atoms with E-state index in [9.17, 15) is 4.39 Å². The molecule has 0 bridgehead atoms. The molecule has 0 spiro atoms. The fourth-order valence-corrected chi connectivity index (χ4v) is 1.92. The number of allylic oxidation sites excluding steroid dienone is 1. The fourth-order valence-electron chi connectivity index (χ4n) is 1.92. The second-order valence-electron chi connectivity index (χ2n) is 3.73. The third-order valence-electron chi connectivity index (χ3n) is 2.72. The summed E-state index contributed by atoms with van der Waals surface area (Å²) in [5.41, 5.74) is 2.49. The molecule has 0 atom stereocenters. The minimum atomic E-state index is -0.209. The smallest absolute Gasteiger partial charge is 0.129 e. The van der Waals surface area contributed by atoms with Crippen LogP contribution in [-0.2, 0) is 16.1 Å². The van der Waals surface area contributed by atoms with E-state index in [1.54, 1.807) is 6.07 Å². The Morgan fingerprint density at radius 3 is 3.00 bits per heavy atom. The van der Waals surface area contributed by atoms with E-state index in [1.165, 1.54) is 6.07 Å². The summed E-state index contributed by atoms with van der Waals surface area (Å²) in [4.78, 5) is 0. The van der Waals surface area contributed by atoms with E-state index in [0.717, 1.165) is 16.9 Å². The zero-order valence-corrected chi connectivity index (χ0v) is 9.55. The molecule has 0 saturated carbocycles. The molecule has 1 aromatic rings. The molecule has 1 heterocycles. The highest BCUT2D eigenvalue weighted by Crippen LogP contribution is 2.30. The van der Waals surface area contributed by atoms with Gasteiger partial charge in [0, 0.05) is 11.1 Å². The van der Waals surface area contributed by atoms with Gasteiger partial charge in [0.2, 0.25) is 0 Å². The van der Waals surface area contributed by atoms with Crippen molar-refractivity contribution in [1.29, 1.82) is 0 Å². The van der Waals surface area contributed by atoms with Crippen molar-refractivity contribution < 1.29 is 13.9 Å². The van der Waals surface area contributed by atoms with Crippen LogP contribution in [0.2, 0.25) is 0 Å². The second kappa shape index (κ2) is 4.66. The molecule has 0 unspecified atom stereocenters. The predicted molar refractivity (Wildman–Crippen MR) is 60.3 cm³/mol. The Bertz CT molecular complexity index is 424. The molecule has 3 heteroatoms. The Morgan fingerprint density at radius 2 is 2.25 bits per heavy atom. The second-order valence-corrected chi connectivity index (χ2v) is 3.73. The van der Waals surface area contributed by atoms with E-state index in [0.29, 0.717) is 25.4 Å². The maximum absolute atomic E-state index is 13.6.